The van der Waals surface area contributed by atoms with E-state index >= 15 is 0 Å². The molecule has 1 fully saturated rings. The van der Waals surface area contributed by atoms with E-state index in [2.05, 4.69) is 15.2 Å². The molecule has 0 bridgehead atoms. The van der Waals surface area contributed by atoms with Crippen molar-refractivity contribution in [3.8, 4) is 0 Å². The number of hydrogen-bond acceptors (Lipinski definition) is 6. The van der Waals surface area contributed by atoms with Crippen LogP contribution >= 0.6 is 11.3 Å². The number of thiazole rings is 1. The van der Waals surface area contributed by atoms with E-state index in [1.807, 2.05) is 54.5 Å². The molecule has 0 aliphatic carbocycles. The number of carbonyl (C=O) groups excluding carboxylic acids is 2. The Bertz CT molecular complexity index is 1000. The van der Waals surface area contributed by atoms with Crippen molar-refractivity contribution in [1.82, 2.24) is 20.1 Å². The summed E-state index contributed by atoms with van der Waals surface area (Å²) in [6, 6.07) is 9.58. The van der Waals surface area contributed by atoms with E-state index in [1.165, 1.54) is 11.3 Å². The van der Waals surface area contributed by atoms with Crippen LogP contribution in [0, 0.1) is 6.92 Å². The molecule has 1 atom stereocenters. The largest absolute Gasteiger partial charge is 0.459 e. The molecule has 2 amide bonds. The molecule has 4 rings (SSSR count). The van der Waals surface area contributed by atoms with E-state index in [4.69, 9.17) is 4.42 Å². The highest BCUT2D eigenvalue weighted by molar-refractivity contribution is 7.09. The van der Waals surface area contributed by atoms with Gasteiger partial charge in [-0.05, 0) is 26.0 Å². The van der Waals surface area contributed by atoms with Crippen LogP contribution in [0.2, 0.25) is 0 Å². The van der Waals surface area contributed by atoms with Crippen LogP contribution in [-0.4, -0.2) is 59.3 Å². The molecular formula is C22H26N4O3S. The first-order chi connectivity index (χ1) is 14.5. The molecule has 0 radical (unpaired) electrons. The Labute approximate surface area is 179 Å². The lowest BCUT2D eigenvalue weighted by atomic mass is 10.2. The number of piperazine rings is 1. The summed E-state index contributed by atoms with van der Waals surface area (Å²) in [4.78, 5) is 33.3. The first-order valence-corrected chi connectivity index (χ1v) is 11.0. The van der Waals surface area contributed by atoms with Crippen LogP contribution in [0.25, 0.3) is 11.0 Å². The van der Waals surface area contributed by atoms with Gasteiger partial charge in [0.15, 0.2) is 0 Å². The predicted molar refractivity (Wildman–Crippen MR) is 116 cm³/mol. The summed E-state index contributed by atoms with van der Waals surface area (Å²) < 4.78 is 5.83. The lowest BCUT2D eigenvalue weighted by Crippen LogP contribution is -2.51. The maximum absolute atomic E-state index is 12.5. The Balaban J connectivity index is 1.23. The average Bonchev–Trinajstić information content (AvgIpc) is 3.34. The zero-order valence-corrected chi connectivity index (χ0v) is 18.1. The fourth-order valence-electron chi connectivity index (χ4n) is 3.66. The summed E-state index contributed by atoms with van der Waals surface area (Å²) in [5, 5.41) is 6.87. The van der Waals surface area contributed by atoms with E-state index in [1.54, 1.807) is 0 Å². The second-order valence-corrected chi connectivity index (χ2v) is 8.63. The zero-order chi connectivity index (χ0) is 21.1. The van der Waals surface area contributed by atoms with Crippen LogP contribution in [0.1, 0.15) is 29.4 Å². The molecule has 1 N–H and O–H groups in total. The number of fused-ring (bicyclic) bond motifs is 1. The fourth-order valence-corrected chi connectivity index (χ4v) is 4.42. The summed E-state index contributed by atoms with van der Waals surface area (Å²) in [6.07, 6.45) is 0.355. The molecule has 0 saturated carbocycles. The van der Waals surface area contributed by atoms with Gasteiger partial charge in [-0.3, -0.25) is 14.5 Å². The molecule has 3 heterocycles. The quantitative estimate of drug-likeness (QED) is 0.656. The number of para-hydroxylation sites is 1. The third kappa shape index (κ3) is 4.88. The first-order valence-electron chi connectivity index (χ1n) is 10.2. The summed E-state index contributed by atoms with van der Waals surface area (Å²) in [6.45, 7) is 6.82. The van der Waals surface area contributed by atoms with Gasteiger partial charge in [-0.2, -0.15) is 0 Å². The molecule has 1 aliphatic heterocycles. The number of rotatable bonds is 6. The molecule has 30 heavy (non-hydrogen) atoms. The Kier molecular flexibility index (Phi) is 6.15. The molecule has 1 aliphatic rings. The van der Waals surface area contributed by atoms with E-state index in [9.17, 15) is 9.59 Å². The number of aryl methyl sites for hydroxylation is 1. The van der Waals surface area contributed by atoms with Gasteiger partial charge in [0.2, 0.25) is 11.8 Å². The highest BCUT2D eigenvalue weighted by Crippen LogP contribution is 2.23. The van der Waals surface area contributed by atoms with Crippen molar-refractivity contribution in [1.29, 1.82) is 0 Å². The summed E-state index contributed by atoms with van der Waals surface area (Å²) in [5.41, 5.74) is 1.78. The van der Waals surface area contributed by atoms with Gasteiger partial charge >= 0.3 is 0 Å². The maximum atomic E-state index is 12.5. The molecule has 8 heteroatoms. The number of carbonyl (C=O) groups is 2. The first kappa shape index (κ1) is 20.6. The Morgan fingerprint density at radius 2 is 2.00 bits per heavy atom. The molecule has 7 nitrogen and oxygen atoms in total. The van der Waals surface area contributed by atoms with Crippen LogP contribution in [-0.2, 0) is 16.0 Å². The monoisotopic (exact) mass is 426 g/mol. The Hall–Kier alpha value is -2.71. The van der Waals surface area contributed by atoms with Crippen molar-refractivity contribution >= 4 is 34.1 Å². The van der Waals surface area contributed by atoms with Gasteiger partial charge in [0, 0.05) is 42.6 Å². The van der Waals surface area contributed by atoms with Crippen molar-refractivity contribution in [2.45, 2.75) is 26.3 Å². The lowest BCUT2D eigenvalue weighted by molar-refractivity contribution is -0.132. The van der Waals surface area contributed by atoms with Gasteiger partial charge in [0.1, 0.15) is 16.4 Å². The molecule has 1 saturated heterocycles. The fraction of sp³-hybridized carbons (Fsp3) is 0.409. The Morgan fingerprint density at radius 3 is 2.70 bits per heavy atom. The zero-order valence-electron chi connectivity index (χ0n) is 17.3. The normalized spacial score (nSPS) is 16.0. The minimum Gasteiger partial charge on any atom is -0.459 e. The summed E-state index contributed by atoms with van der Waals surface area (Å²) in [7, 11) is 0. The topological polar surface area (TPSA) is 78.7 Å². The third-order valence-electron chi connectivity index (χ3n) is 5.31. The number of amides is 2. The van der Waals surface area contributed by atoms with Crippen molar-refractivity contribution in [3.05, 3.63) is 52.2 Å². The maximum Gasteiger partial charge on any atom is 0.234 e. The highest BCUT2D eigenvalue weighted by atomic mass is 32.1. The van der Waals surface area contributed by atoms with Gasteiger partial charge in [-0.25, -0.2) is 4.98 Å². The number of benzene rings is 1. The number of hydrogen-bond donors (Lipinski definition) is 1. The van der Waals surface area contributed by atoms with Crippen molar-refractivity contribution in [2.24, 2.45) is 0 Å². The van der Waals surface area contributed by atoms with E-state index < -0.39 is 0 Å². The molecule has 2 aromatic heterocycles. The Morgan fingerprint density at radius 1 is 1.23 bits per heavy atom. The van der Waals surface area contributed by atoms with Gasteiger partial charge < -0.3 is 14.6 Å². The average molecular weight is 427 g/mol. The molecule has 3 aromatic rings. The summed E-state index contributed by atoms with van der Waals surface area (Å²) >= 11 is 1.53. The molecular weight excluding hydrogens is 400 g/mol. The number of nitrogens with one attached hydrogen (secondary N) is 1. The second kappa shape index (κ2) is 8.97. The van der Waals surface area contributed by atoms with Crippen LogP contribution in [0.15, 0.2) is 40.1 Å². The van der Waals surface area contributed by atoms with E-state index in [0.29, 0.717) is 39.1 Å². The lowest BCUT2D eigenvalue weighted by Gasteiger charge is -2.34. The third-order valence-corrected chi connectivity index (χ3v) is 6.28. The van der Waals surface area contributed by atoms with Crippen LogP contribution in [0.3, 0.4) is 0 Å². The van der Waals surface area contributed by atoms with Crippen LogP contribution < -0.4 is 5.32 Å². The van der Waals surface area contributed by atoms with Gasteiger partial charge in [-0.15, -0.1) is 11.3 Å². The van der Waals surface area contributed by atoms with Gasteiger partial charge in [0.05, 0.1) is 19.0 Å². The smallest absolute Gasteiger partial charge is 0.234 e. The second-order valence-electron chi connectivity index (χ2n) is 7.69. The minimum absolute atomic E-state index is 0.0407. The highest BCUT2D eigenvalue weighted by Gasteiger charge is 2.24. The van der Waals surface area contributed by atoms with Gasteiger partial charge in [0.25, 0.3) is 0 Å². The predicted octanol–water partition coefficient (Wildman–Crippen LogP) is 2.76. The SMILES string of the molecule is Cc1csc(CC(=O)N2CCN(CC(=O)N[C@H](C)c3cc4ccccc4o3)CC2)n1. The molecule has 1 aromatic carbocycles. The molecule has 0 spiro atoms. The van der Waals surface area contributed by atoms with Crippen LogP contribution in [0.5, 0.6) is 0 Å². The van der Waals surface area contributed by atoms with E-state index in [0.717, 1.165) is 27.4 Å². The molecule has 0 unspecified atom stereocenters. The van der Waals surface area contributed by atoms with Gasteiger partial charge in [-0.1, -0.05) is 18.2 Å². The minimum atomic E-state index is -0.200. The van der Waals surface area contributed by atoms with E-state index in [-0.39, 0.29) is 17.9 Å². The van der Waals surface area contributed by atoms with Crippen molar-refractivity contribution < 1.29 is 14.0 Å². The number of aromatic nitrogens is 1. The van der Waals surface area contributed by atoms with Crippen molar-refractivity contribution in [2.75, 3.05) is 32.7 Å². The van der Waals surface area contributed by atoms with Crippen molar-refractivity contribution in [3.63, 3.8) is 0 Å². The molecule has 158 valence electrons. The number of nitrogens with zero attached hydrogens (tertiary/aromatic N) is 3. The van der Waals surface area contributed by atoms with Crippen LogP contribution in [0.4, 0.5) is 0 Å². The standard InChI is InChI=1S/C22H26N4O3S/c1-15-14-30-21(23-15)12-22(28)26-9-7-25(8-10-26)13-20(27)24-16(2)19-11-17-5-3-4-6-18(17)29-19/h3-6,11,14,16H,7-10,12-13H2,1-2H3,(H,24,27)/t16-/m1/s1. The summed E-state index contributed by atoms with van der Waals surface area (Å²) in [5.74, 6) is 0.811. The number of furan rings is 1.